The molecule has 0 spiro atoms. The molecule has 0 saturated carbocycles. The Balaban J connectivity index is 1.56. The molecule has 2 heterocycles. The van der Waals surface area contributed by atoms with Crippen molar-refractivity contribution in [3.63, 3.8) is 0 Å². The van der Waals surface area contributed by atoms with E-state index in [9.17, 15) is 18.0 Å². The van der Waals surface area contributed by atoms with Crippen LogP contribution in [-0.4, -0.2) is 48.0 Å². The number of likely N-dealkylation sites (tertiary alicyclic amines) is 1. The third-order valence-corrected chi connectivity index (χ3v) is 5.10. The maximum Gasteiger partial charge on any atom is 0.287 e. The van der Waals surface area contributed by atoms with Gasteiger partial charge in [-0.1, -0.05) is 18.2 Å². The van der Waals surface area contributed by atoms with Crippen molar-refractivity contribution >= 4 is 16.8 Å². The minimum absolute atomic E-state index is 0.0419. The Morgan fingerprint density at radius 1 is 1.17 bits per heavy atom. The number of hydrogen-bond acceptors (Lipinski definition) is 4. The molecule has 5 nitrogen and oxygen atoms in total. The van der Waals surface area contributed by atoms with E-state index in [1.807, 2.05) is 12.1 Å². The van der Waals surface area contributed by atoms with E-state index in [1.165, 1.54) is 30.2 Å². The van der Waals surface area contributed by atoms with E-state index < -0.39 is 36.7 Å². The topological polar surface area (TPSA) is 51.7 Å². The van der Waals surface area contributed by atoms with Crippen molar-refractivity contribution in [1.29, 1.82) is 0 Å². The van der Waals surface area contributed by atoms with Crippen molar-refractivity contribution in [2.24, 2.45) is 0 Å². The number of benzene rings is 2. The van der Waals surface area contributed by atoms with Crippen LogP contribution in [0.15, 0.2) is 54.6 Å². The van der Waals surface area contributed by atoms with Crippen molar-refractivity contribution in [2.45, 2.75) is 18.4 Å². The molecular formula is C22H19F3N2O3. The zero-order valence-electron chi connectivity index (χ0n) is 16.1. The third-order valence-electron chi connectivity index (χ3n) is 5.10. The number of amides is 1. The highest BCUT2D eigenvalue weighted by Crippen LogP contribution is 2.33. The summed E-state index contributed by atoms with van der Waals surface area (Å²) in [7, 11) is 1.39. The van der Waals surface area contributed by atoms with Crippen LogP contribution in [0.2, 0.25) is 0 Å². The highest BCUT2D eigenvalue weighted by Gasteiger charge is 2.47. The van der Waals surface area contributed by atoms with Crippen molar-refractivity contribution in [1.82, 2.24) is 9.88 Å². The Morgan fingerprint density at radius 2 is 1.97 bits per heavy atom. The van der Waals surface area contributed by atoms with Crippen LogP contribution in [0.1, 0.15) is 16.8 Å². The number of methoxy groups -OCH3 is 1. The van der Waals surface area contributed by atoms with Gasteiger partial charge in [-0.05, 0) is 30.3 Å². The van der Waals surface area contributed by atoms with E-state index in [2.05, 4.69) is 4.98 Å². The van der Waals surface area contributed by atoms with Gasteiger partial charge in [0, 0.05) is 24.4 Å². The number of alkyl halides is 2. The molecular weight excluding hydrogens is 397 g/mol. The Kier molecular flexibility index (Phi) is 5.24. The van der Waals surface area contributed by atoms with Crippen LogP contribution >= 0.6 is 0 Å². The molecule has 0 radical (unpaired) electrons. The van der Waals surface area contributed by atoms with Gasteiger partial charge in [-0.3, -0.25) is 4.79 Å². The van der Waals surface area contributed by atoms with Crippen molar-refractivity contribution in [3.05, 3.63) is 66.0 Å². The quantitative estimate of drug-likeness (QED) is 0.636. The molecule has 8 heteroatoms. The molecule has 3 aromatic rings. The number of carbonyl (C=O) groups excluding carboxylic acids is 1. The highest BCUT2D eigenvalue weighted by atomic mass is 19.3. The summed E-state index contributed by atoms with van der Waals surface area (Å²) in [6.45, 7) is -0.607. The van der Waals surface area contributed by atoms with Gasteiger partial charge < -0.3 is 14.4 Å². The average molecular weight is 416 g/mol. The molecule has 30 heavy (non-hydrogen) atoms. The number of piperidine rings is 1. The predicted molar refractivity (Wildman–Crippen MR) is 105 cm³/mol. The lowest BCUT2D eigenvalue weighted by Gasteiger charge is -2.38. The summed E-state index contributed by atoms with van der Waals surface area (Å²) in [6.07, 6.45) is -2.19. The number of nitrogens with zero attached hydrogens (tertiary/aromatic N) is 2. The molecule has 0 unspecified atom stereocenters. The molecule has 1 fully saturated rings. The summed E-state index contributed by atoms with van der Waals surface area (Å²) < 4.78 is 53.7. The predicted octanol–water partition coefficient (Wildman–Crippen LogP) is 4.31. The molecule has 1 amide bonds. The molecule has 156 valence electrons. The standard InChI is InChI=1S/C22H19F3N2O3/c1-29-15-7-8-17(23)16(12-15)21(28)27-11-10-22(24,25)19(13-27)30-20-9-6-14-4-2-3-5-18(14)26-20/h2-9,12,19H,10-11,13H2,1H3/t19-/m0/s1. The fourth-order valence-electron chi connectivity index (χ4n) is 3.40. The summed E-state index contributed by atoms with van der Waals surface area (Å²) >= 11 is 0. The van der Waals surface area contributed by atoms with Crippen LogP contribution < -0.4 is 9.47 Å². The summed E-state index contributed by atoms with van der Waals surface area (Å²) in [5, 5.41) is 0.852. The average Bonchev–Trinajstić information content (AvgIpc) is 2.75. The van der Waals surface area contributed by atoms with Gasteiger partial charge in [-0.2, -0.15) is 0 Å². The molecule has 0 aliphatic carbocycles. The number of halogens is 3. The van der Waals surface area contributed by atoms with Gasteiger partial charge in [0.05, 0.1) is 24.7 Å². The van der Waals surface area contributed by atoms with Gasteiger partial charge in [-0.15, -0.1) is 0 Å². The van der Waals surface area contributed by atoms with E-state index in [0.29, 0.717) is 11.3 Å². The lowest BCUT2D eigenvalue weighted by Crippen LogP contribution is -2.55. The Morgan fingerprint density at radius 3 is 2.77 bits per heavy atom. The monoisotopic (exact) mass is 416 g/mol. The summed E-state index contributed by atoms with van der Waals surface area (Å²) in [5.41, 5.74) is 0.377. The zero-order valence-corrected chi connectivity index (χ0v) is 16.1. The van der Waals surface area contributed by atoms with E-state index in [-0.39, 0.29) is 18.0 Å². The molecule has 1 saturated heterocycles. The fraction of sp³-hybridized carbons (Fsp3) is 0.273. The van der Waals surface area contributed by atoms with Gasteiger partial charge >= 0.3 is 0 Å². The van der Waals surface area contributed by atoms with Gasteiger partial charge in [0.1, 0.15) is 11.6 Å². The van der Waals surface area contributed by atoms with Crippen LogP contribution in [-0.2, 0) is 0 Å². The van der Waals surface area contributed by atoms with E-state index in [0.717, 1.165) is 11.5 Å². The second-order valence-electron chi connectivity index (χ2n) is 7.06. The van der Waals surface area contributed by atoms with Crippen LogP contribution in [0.25, 0.3) is 10.9 Å². The molecule has 0 bridgehead atoms. The van der Waals surface area contributed by atoms with Crippen molar-refractivity contribution < 1.29 is 27.4 Å². The lowest BCUT2D eigenvalue weighted by atomic mass is 10.0. The molecule has 1 aliphatic heterocycles. The van der Waals surface area contributed by atoms with Crippen LogP contribution in [0.4, 0.5) is 13.2 Å². The first-order chi connectivity index (χ1) is 14.4. The lowest BCUT2D eigenvalue weighted by molar-refractivity contribution is -0.131. The van der Waals surface area contributed by atoms with Gasteiger partial charge in [0.2, 0.25) is 5.88 Å². The second-order valence-corrected chi connectivity index (χ2v) is 7.06. The van der Waals surface area contributed by atoms with Crippen molar-refractivity contribution in [3.8, 4) is 11.6 Å². The largest absolute Gasteiger partial charge is 0.497 e. The first-order valence-corrected chi connectivity index (χ1v) is 9.40. The summed E-state index contributed by atoms with van der Waals surface area (Å²) in [4.78, 5) is 18.2. The Labute approximate surface area is 171 Å². The Bertz CT molecular complexity index is 1090. The van der Waals surface area contributed by atoms with Crippen molar-refractivity contribution in [2.75, 3.05) is 20.2 Å². The number of rotatable bonds is 4. The first kappa shape index (κ1) is 20.0. The maximum atomic E-state index is 14.5. The zero-order chi connectivity index (χ0) is 21.3. The number of hydrogen-bond donors (Lipinski definition) is 0. The minimum Gasteiger partial charge on any atom is -0.497 e. The van der Waals surface area contributed by atoms with E-state index in [4.69, 9.17) is 9.47 Å². The second kappa shape index (κ2) is 7.85. The van der Waals surface area contributed by atoms with Crippen LogP contribution in [0.5, 0.6) is 11.6 Å². The number of aromatic nitrogens is 1. The molecule has 1 atom stereocenters. The SMILES string of the molecule is COc1ccc(F)c(C(=O)N2CCC(F)(F)[C@@H](Oc3ccc4ccccc4n3)C2)c1. The number of pyridine rings is 1. The van der Waals surface area contributed by atoms with E-state index >= 15 is 0 Å². The molecule has 1 aromatic heterocycles. The summed E-state index contributed by atoms with van der Waals surface area (Å²) in [5.74, 6) is -4.25. The van der Waals surface area contributed by atoms with Gasteiger partial charge in [0.15, 0.2) is 6.10 Å². The molecule has 1 aliphatic rings. The third kappa shape index (κ3) is 3.90. The highest BCUT2D eigenvalue weighted by molar-refractivity contribution is 5.95. The number of carbonyl (C=O) groups is 1. The minimum atomic E-state index is -3.16. The van der Waals surface area contributed by atoms with E-state index in [1.54, 1.807) is 18.2 Å². The van der Waals surface area contributed by atoms with Gasteiger partial charge in [0.25, 0.3) is 11.8 Å². The first-order valence-electron chi connectivity index (χ1n) is 9.40. The molecule has 2 aromatic carbocycles. The van der Waals surface area contributed by atoms with Gasteiger partial charge in [-0.25, -0.2) is 18.2 Å². The Hall–Kier alpha value is -3.29. The number of fused-ring (bicyclic) bond motifs is 1. The van der Waals surface area contributed by atoms with Crippen LogP contribution in [0.3, 0.4) is 0 Å². The normalized spacial score (nSPS) is 18.3. The smallest absolute Gasteiger partial charge is 0.287 e. The maximum absolute atomic E-state index is 14.5. The number of ether oxygens (including phenoxy) is 2. The molecule has 4 rings (SSSR count). The molecule has 0 N–H and O–H groups in total. The summed E-state index contributed by atoms with van der Waals surface area (Å²) in [6, 6.07) is 14.2. The van der Waals surface area contributed by atoms with Crippen LogP contribution in [0, 0.1) is 5.82 Å². The number of para-hydroxylation sites is 1. The fourth-order valence-corrected chi connectivity index (χ4v) is 3.40.